The number of hydrogen-bond acceptors (Lipinski definition) is 1. The zero-order chi connectivity index (χ0) is 19.9. The molecule has 148 valence electrons. The molecule has 0 amide bonds. The number of aliphatic hydroxyl groups is 1. The quantitative estimate of drug-likeness (QED) is 0.780. The Morgan fingerprint density at radius 3 is 2.37 bits per heavy atom. The van der Waals surface area contributed by atoms with Crippen LogP contribution in [0.1, 0.15) is 72.8 Å². The largest absolute Gasteiger partial charge is 0.384 e. The second kappa shape index (κ2) is 6.94. The monoisotopic (exact) mass is 368 g/mol. The van der Waals surface area contributed by atoms with Crippen molar-refractivity contribution < 1.29 is 10.0 Å². The lowest BCUT2D eigenvalue weighted by molar-refractivity contribution is -0.907. The van der Waals surface area contributed by atoms with E-state index in [1.807, 2.05) is 30.3 Å². The number of nitrogens with one attached hydrogen (secondary N) is 1. The van der Waals surface area contributed by atoms with Gasteiger partial charge in [-0.15, -0.1) is 0 Å². The van der Waals surface area contributed by atoms with Gasteiger partial charge in [0.2, 0.25) is 0 Å². The molecule has 2 heteroatoms. The molecule has 1 aromatic carbocycles. The molecule has 0 radical (unpaired) electrons. The van der Waals surface area contributed by atoms with Gasteiger partial charge in [-0.25, -0.2) is 0 Å². The van der Waals surface area contributed by atoms with Crippen molar-refractivity contribution in [1.82, 2.24) is 0 Å². The molecule has 1 aliphatic heterocycles. The minimum absolute atomic E-state index is 0.266. The van der Waals surface area contributed by atoms with Gasteiger partial charge < -0.3 is 10.0 Å². The highest BCUT2D eigenvalue weighted by Crippen LogP contribution is 2.47. The second-order valence-corrected chi connectivity index (χ2v) is 11.3. The Morgan fingerprint density at radius 2 is 1.74 bits per heavy atom. The van der Waals surface area contributed by atoms with Crippen LogP contribution in [0.5, 0.6) is 0 Å². The number of quaternary nitrogens is 1. The van der Waals surface area contributed by atoms with Crippen molar-refractivity contribution in [3.05, 3.63) is 35.9 Å². The lowest BCUT2D eigenvalue weighted by Gasteiger charge is -2.39. The van der Waals surface area contributed by atoms with Crippen molar-refractivity contribution in [3.8, 4) is 11.8 Å². The van der Waals surface area contributed by atoms with Crippen LogP contribution >= 0.6 is 0 Å². The third-order valence-electron chi connectivity index (χ3n) is 6.95. The summed E-state index contributed by atoms with van der Waals surface area (Å²) >= 11 is 0. The van der Waals surface area contributed by atoms with E-state index in [-0.39, 0.29) is 5.41 Å². The van der Waals surface area contributed by atoms with Crippen molar-refractivity contribution in [2.24, 2.45) is 16.2 Å². The summed E-state index contributed by atoms with van der Waals surface area (Å²) in [6.45, 7) is 15.8. The van der Waals surface area contributed by atoms with Crippen LogP contribution in [0.25, 0.3) is 0 Å². The summed E-state index contributed by atoms with van der Waals surface area (Å²) in [5, 5.41) is 11.5. The summed E-state index contributed by atoms with van der Waals surface area (Å²) in [6, 6.07) is 10.8. The van der Waals surface area contributed by atoms with E-state index in [4.69, 9.17) is 0 Å². The average Bonchev–Trinajstić information content (AvgIpc) is 2.79. The normalized spacial score (nSPS) is 31.7. The number of rotatable bonds is 3. The van der Waals surface area contributed by atoms with Gasteiger partial charge in [0.1, 0.15) is 12.1 Å². The topological polar surface area (TPSA) is 24.7 Å². The van der Waals surface area contributed by atoms with E-state index in [1.165, 1.54) is 25.8 Å². The fourth-order valence-corrected chi connectivity index (χ4v) is 5.84. The van der Waals surface area contributed by atoms with Crippen molar-refractivity contribution in [3.63, 3.8) is 0 Å². The summed E-state index contributed by atoms with van der Waals surface area (Å²) in [5.74, 6) is 6.79. The van der Waals surface area contributed by atoms with Gasteiger partial charge in [-0.05, 0) is 28.7 Å². The Labute approximate surface area is 166 Å². The molecule has 3 rings (SSSR count). The van der Waals surface area contributed by atoms with Crippen molar-refractivity contribution >= 4 is 0 Å². The first-order chi connectivity index (χ1) is 12.4. The van der Waals surface area contributed by atoms with E-state index in [0.717, 1.165) is 18.2 Å². The molecule has 1 aliphatic carbocycles. The van der Waals surface area contributed by atoms with Crippen LogP contribution in [0.15, 0.2) is 30.3 Å². The lowest BCUT2D eigenvalue weighted by atomic mass is 9.65. The zero-order valence-electron chi connectivity index (χ0n) is 18.2. The Kier molecular flexibility index (Phi) is 5.26. The Hall–Kier alpha value is -1.30. The van der Waals surface area contributed by atoms with Crippen LogP contribution in [0, 0.1) is 28.1 Å². The summed E-state index contributed by atoms with van der Waals surface area (Å²) in [5.41, 5.74) is 0.723. The van der Waals surface area contributed by atoms with Gasteiger partial charge in [-0.3, -0.25) is 0 Å². The maximum Gasteiger partial charge on any atom is 0.139 e. The van der Waals surface area contributed by atoms with E-state index >= 15 is 0 Å². The van der Waals surface area contributed by atoms with Crippen molar-refractivity contribution in [1.29, 1.82) is 0 Å². The number of fused-ring (bicyclic) bond motifs is 2. The van der Waals surface area contributed by atoms with E-state index < -0.39 is 5.60 Å². The van der Waals surface area contributed by atoms with Crippen LogP contribution in [-0.2, 0) is 5.60 Å². The highest BCUT2D eigenvalue weighted by Gasteiger charge is 2.52. The molecular weight excluding hydrogens is 330 g/mol. The summed E-state index contributed by atoms with van der Waals surface area (Å²) in [4.78, 5) is 1.66. The summed E-state index contributed by atoms with van der Waals surface area (Å²) in [6.07, 6.45) is 4.49. The molecule has 27 heavy (non-hydrogen) atoms. The van der Waals surface area contributed by atoms with Gasteiger partial charge in [0.25, 0.3) is 0 Å². The maximum absolute atomic E-state index is 11.5. The Balaban J connectivity index is 1.69. The smallest absolute Gasteiger partial charge is 0.139 e. The molecule has 4 atom stereocenters. The fourth-order valence-electron chi connectivity index (χ4n) is 5.84. The average molecular weight is 369 g/mol. The number of benzene rings is 1. The SMILES string of the molecule is CC1(C)C[C@@H]2C[C@@](C)(C[NH+]2CC#CC[C@@](O)(c2ccccc2)C(C)(C)C)C1. The molecule has 2 fully saturated rings. The van der Waals surface area contributed by atoms with Gasteiger partial charge in [0, 0.05) is 24.7 Å². The van der Waals surface area contributed by atoms with Gasteiger partial charge >= 0.3 is 0 Å². The fraction of sp³-hybridized carbons (Fsp3) is 0.680. The van der Waals surface area contributed by atoms with Gasteiger partial charge in [0.05, 0.1) is 12.6 Å². The van der Waals surface area contributed by atoms with Crippen LogP contribution in [0.3, 0.4) is 0 Å². The summed E-state index contributed by atoms with van der Waals surface area (Å²) < 4.78 is 0. The molecular formula is C25H38NO+. The molecule has 2 nitrogen and oxygen atoms in total. The van der Waals surface area contributed by atoms with Gasteiger partial charge in [0.15, 0.2) is 0 Å². The highest BCUT2D eigenvalue weighted by atomic mass is 16.3. The van der Waals surface area contributed by atoms with Crippen LogP contribution in [-0.4, -0.2) is 24.2 Å². The standard InChI is InChI=1S/C25H37NO/c1-22(2,3)25(27,20-12-8-7-9-13-20)14-10-11-15-26-19-24(6)17-21(26)16-23(4,5)18-24/h7-9,12-13,21,27H,14-19H2,1-6H3/p+1/t21-,24-,25-/m1/s1. The van der Waals surface area contributed by atoms with Crippen LogP contribution < -0.4 is 4.90 Å². The first-order valence-electron chi connectivity index (χ1n) is 10.5. The number of likely N-dealkylation sites (tertiary alicyclic amines) is 1. The lowest BCUT2D eigenvalue weighted by Crippen LogP contribution is -3.13. The maximum atomic E-state index is 11.5. The molecule has 1 aromatic rings. The Bertz CT molecular complexity index is 720. The van der Waals surface area contributed by atoms with Crippen molar-refractivity contribution in [2.75, 3.05) is 13.1 Å². The predicted molar refractivity (Wildman–Crippen MR) is 112 cm³/mol. The van der Waals surface area contributed by atoms with Gasteiger partial charge in [-0.1, -0.05) is 77.8 Å². The minimum atomic E-state index is -0.925. The molecule has 1 saturated heterocycles. The number of hydrogen-bond donors (Lipinski definition) is 2. The van der Waals surface area contributed by atoms with Crippen LogP contribution in [0.2, 0.25) is 0 Å². The van der Waals surface area contributed by atoms with E-state index in [9.17, 15) is 5.11 Å². The van der Waals surface area contributed by atoms with E-state index in [0.29, 0.717) is 17.3 Å². The first-order valence-corrected chi connectivity index (χ1v) is 10.5. The van der Waals surface area contributed by atoms with Crippen molar-refractivity contribution in [2.45, 2.75) is 78.9 Å². The molecule has 1 saturated carbocycles. The molecule has 2 aliphatic rings. The zero-order valence-corrected chi connectivity index (χ0v) is 18.2. The molecule has 2 N–H and O–H groups in total. The molecule has 0 aromatic heterocycles. The summed E-state index contributed by atoms with van der Waals surface area (Å²) in [7, 11) is 0. The molecule has 1 unspecified atom stereocenters. The third-order valence-corrected chi connectivity index (χ3v) is 6.95. The van der Waals surface area contributed by atoms with Gasteiger partial charge in [-0.2, -0.15) is 0 Å². The molecule has 2 bridgehead atoms. The second-order valence-electron chi connectivity index (χ2n) is 11.3. The minimum Gasteiger partial charge on any atom is -0.384 e. The van der Waals surface area contributed by atoms with Crippen LogP contribution in [0.4, 0.5) is 0 Å². The third kappa shape index (κ3) is 4.25. The molecule has 0 spiro atoms. The Morgan fingerprint density at radius 1 is 1.07 bits per heavy atom. The highest BCUT2D eigenvalue weighted by molar-refractivity contribution is 5.27. The van der Waals surface area contributed by atoms with E-state index in [1.54, 1.807) is 4.90 Å². The predicted octanol–water partition coefficient (Wildman–Crippen LogP) is 3.80. The molecule has 1 heterocycles. The first kappa shape index (κ1) is 20.4. The van der Waals surface area contributed by atoms with E-state index in [2.05, 4.69) is 53.4 Å².